The maximum Gasteiger partial charge on any atom is 0.146 e. The molecule has 0 radical (unpaired) electrons. The maximum atomic E-state index is 12.8. The van der Waals surface area contributed by atoms with Crippen LogP contribution in [-0.4, -0.2) is 23.7 Å². The molecule has 5 aromatic heterocycles. The fourth-order valence-electron chi connectivity index (χ4n) is 14.2. The first-order valence-corrected chi connectivity index (χ1v) is 26.2. The molecule has 5 heterocycles. The van der Waals surface area contributed by atoms with Crippen molar-refractivity contribution in [3.05, 3.63) is 236 Å². The Morgan fingerprint density at radius 2 is 0.649 bits per heavy atom. The Hall–Kier alpha value is -10.6. The number of nitriles is 1. The van der Waals surface area contributed by atoms with Crippen molar-refractivity contribution in [3.63, 3.8) is 0 Å². The molecule has 0 aliphatic heterocycles. The first-order chi connectivity index (χ1) is 38.3. The van der Waals surface area contributed by atoms with Gasteiger partial charge in [0.05, 0.1) is 44.6 Å². The van der Waals surface area contributed by atoms with Crippen molar-refractivity contribution in [1.29, 1.82) is 5.26 Å². The van der Waals surface area contributed by atoms with Gasteiger partial charge in [0.1, 0.15) is 17.3 Å². The highest BCUT2D eigenvalue weighted by atomic mass is 15.1. The van der Waals surface area contributed by atoms with Crippen molar-refractivity contribution in [2.75, 3.05) is 0 Å². The lowest BCUT2D eigenvalue weighted by atomic mass is 9.88. The summed E-state index contributed by atoms with van der Waals surface area (Å²) in [4.78, 5) is 10.1. The fraction of sp³-hybridized carbons (Fsp3) is 0. The average Bonchev–Trinajstić information content (AvgIpc) is 4.32. The number of pyridine rings is 2. The van der Waals surface area contributed by atoms with Gasteiger partial charge in [-0.25, -0.2) is 4.98 Å². The molecule has 0 saturated carbocycles. The van der Waals surface area contributed by atoms with Crippen LogP contribution in [0.4, 0.5) is 0 Å². The van der Waals surface area contributed by atoms with Crippen LogP contribution in [0.25, 0.3) is 169 Å². The first-order valence-electron chi connectivity index (χ1n) is 26.2. The van der Waals surface area contributed by atoms with Gasteiger partial charge < -0.3 is 9.13 Å². The van der Waals surface area contributed by atoms with Crippen LogP contribution >= 0.6 is 0 Å². The molecule has 0 aliphatic carbocycles. The summed E-state index contributed by atoms with van der Waals surface area (Å²) in [5.41, 5.74) is 12.9. The molecule has 77 heavy (non-hydrogen) atoms. The topological polar surface area (TPSA) is 64.4 Å². The Kier molecular flexibility index (Phi) is 7.84. The highest BCUT2D eigenvalue weighted by Gasteiger charge is 2.35. The molecule has 0 atom stereocenters. The second-order valence-corrected chi connectivity index (χ2v) is 20.6. The molecular weight excluding hydrogens is 937 g/mol. The quantitative estimate of drug-likeness (QED) is 0.161. The van der Waals surface area contributed by atoms with E-state index < -0.39 is 0 Å². The Balaban J connectivity index is 1.17. The van der Waals surface area contributed by atoms with Gasteiger partial charge in [-0.15, -0.1) is 0 Å². The second-order valence-electron chi connectivity index (χ2n) is 20.6. The van der Waals surface area contributed by atoms with Gasteiger partial charge in [-0.05, 0) is 113 Å². The summed E-state index contributed by atoms with van der Waals surface area (Å²) >= 11 is 0. The van der Waals surface area contributed by atoms with Crippen LogP contribution in [0.3, 0.4) is 0 Å². The fourth-order valence-corrected chi connectivity index (χ4v) is 14.2. The van der Waals surface area contributed by atoms with Gasteiger partial charge in [0, 0.05) is 67.4 Å². The van der Waals surface area contributed by atoms with Gasteiger partial charge in [0.2, 0.25) is 0 Å². The molecule has 6 nitrogen and oxygen atoms in total. The van der Waals surface area contributed by atoms with Crippen LogP contribution < -0.4 is 0 Å². The van der Waals surface area contributed by atoms with Crippen LogP contribution in [0.1, 0.15) is 5.56 Å². The predicted octanol–water partition coefficient (Wildman–Crippen LogP) is 18.2. The Morgan fingerprint density at radius 3 is 1.12 bits per heavy atom. The molecule has 18 rings (SSSR count). The van der Waals surface area contributed by atoms with Gasteiger partial charge in [-0.2, -0.15) is 5.26 Å². The number of hydrogen-bond donors (Lipinski definition) is 0. The summed E-state index contributed by atoms with van der Waals surface area (Å²) in [5, 5.41) is 33.7. The van der Waals surface area contributed by atoms with Crippen molar-refractivity contribution in [1.82, 2.24) is 23.7 Å². The van der Waals surface area contributed by atoms with E-state index in [9.17, 15) is 5.26 Å². The van der Waals surface area contributed by atoms with Crippen molar-refractivity contribution in [2.45, 2.75) is 0 Å². The molecule has 0 aliphatic rings. The maximum absolute atomic E-state index is 12.8. The SMILES string of the molecule is N#Cc1c(-n2c3cccc4c5ccccc5c5cccc2c5c43)c(-c2ccccc2)c(-n2c3cccc4c5ccncc5c5cccc2c5c43)c(-c2ccccc2)c1-n1c2cccc3c4ccccc4c4ccnc1c4c32. The highest BCUT2D eigenvalue weighted by Crippen LogP contribution is 2.55. The van der Waals surface area contributed by atoms with Crippen LogP contribution in [0.5, 0.6) is 0 Å². The number of rotatable bonds is 5. The smallest absolute Gasteiger partial charge is 0.146 e. The van der Waals surface area contributed by atoms with E-state index in [1.54, 1.807) is 0 Å². The summed E-state index contributed by atoms with van der Waals surface area (Å²) in [5.74, 6) is 0. The molecule has 0 N–H and O–H groups in total. The van der Waals surface area contributed by atoms with E-state index >= 15 is 0 Å². The number of benzene rings is 13. The zero-order valence-electron chi connectivity index (χ0n) is 41.1. The number of nitrogens with zero attached hydrogens (tertiary/aromatic N) is 6. The molecule has 0 saturated heterocycles. The third-order valence-electron chi connectivity index (χ3n) is 17.1. The Morgan fingerprint density at radius 1 is 0.299 bits per heavy atom. The highest BCUT2D eigenvalue weighted by molar-refractivity contribution is 6.37. The Labute approximate surface area is 438 Å². The summed E-state index contributed by atoms with van der Waals surface area (Å²) in [6.45, 7) is 0. The van der Waals surface area contributed by atoms with E-state index in [2.05, 4.69) is 232 Å². The largest absolute Gasteiger partial charge is 0.308 e. The zero-order chi connectivity index (χ0) is 50.2. The molecule has 13 aromatic carbocycles. The van der Waals surface area contributed by atoms with Gasteiger partial charge in [-0.1, -0.05) is 170 Å². The first kappa shape index (κ1) is 40.8. The molecule has 352 valence electrons. The van der Waals surface area contributed by atoms with E-state index in [0.717, 1.165) is 110 Å². The lowest BCUT2D eigenvalue weighted by molar-refractivity contribution is 1.08. The summed E-state index contributed by atoms with van der Waals surface area (Å²) < 4.78 is 7.30. The van der Waals surface area contributed by atoms with Gasteiger partial charge in [-0.3, -0.25) is 9.55 Å². The predicted molar refractivity (Wildman–Crippen MR) is 319 cm³/mol. The number of hydrogen-bond acceptors (Lipinski definition) is 3. The normalized spacial score (nSPS) is 12.4. The lowest BCUT2D eigenvalue weighted by Gasteiger charge is -2.28. The van der Waals surface area contributed by atoms with E-state index in [1.807, 2.05) is 18.6 Å². The second kappa shape index (κ2) is 14.8. The standard InChI is InChI=1S/C71H38N6/c72-38-53-68(75-55-29-11-24-47-42-20-7-8-21-43(42)48-25-12-30-56(75)63(48)62(47)55)60(40-16-3-1-4-17-40)70(76-57-31-13-27-50-46-34-36-73-39-54(46)51-28-15-32-58(76)65(51)64(50)57)61(41-18-5-2-6-19-41)69(53)77-59-33-14-26-49-44-22-9-10-23-45(44)52-35-37-74-71(77)67(52)66(49)59/h1-37,39H. The average molecular weight is 975 g/mol. The minimum absolute atomic E-state index is 0.538. The summed E-state index contributed by atoms with van der Waals surface area (Å²) in [6.07, 6.45) is 5.87. The van der Waals surface area contributed by atoms with Crippen LogP contribution in [-0.2, 0) is 0 Å². The number of aromatic nitrogens is 5. The van der Waals surface area contributed by atoms with E-state index in [0.29, 0.717) is 5.56 Å². The third-order valence-corrected chi connectivity index (χ3v) is 17.1. The van der Waals surface area contributed by atoms with Crippen molar-refractivity contribution in [2.24, 2.45) is 0 Å². The van der Waals surface area contributed by atoms with Crippen LogP contribution in [0.2, 0.25) is 0 Å². The van der Waals surface area contributed by atoms with Gasteiger partial charge in [0.15, 0.2) is 0 Å². The van der Waals surface area contributed by atoms with Crippen LogP contribution in [0, 0.1) is 11.3 Å². The van der Waals surface area contributed by atoms with Gasteiger partial charge >= 0.3 is 0 Å². The Bertz CT molecular complexity index is 5070. The van der Waals surface area contributed by atoms with Crippen molar-refractivity contribution < 1.29 is 0 Å². The van der Waals surface area contributed by atoms with Crippen molar-refractivity contribution in [3.8, 4) is 45.4 Å². The number of fused-ring (bicyclic) bond motifs is 9. The zero-order valence-corrected chi connectivity index (χ0v) is 41.1. The molecule has 0 amide bonds. The van der Waals surface area contributed by atoms with Crippen LogP contribution in [0.15, 0.2) is 231 Å². The van der Waals surface area contributed by atoms with E-state index in [4.69, 9.17) is 9.97 Å². The van der Waals surface area contributed by atoms with Gasteiger partial charge in [0.25, 0.3) is 0 Å². The van der Waals surface area contributed by atoms with E-state index in [1.165, 1.54) is 59.2 Å². The molecule has 0 bridgehead atoms. The lowest BCUT2D eigenvalue weighted by Crippen LogP contribution is -2.13. The van der Waals surface area contributed by atoms with E-state index in [-0.39, 0.29) is 0 Å². The molecule has 0 spiro atoms. The minimum Gasteiger partial charge on any atom is -0.308 e. The van der Waals surface area contributed by atoms with Crippen molar-refractivity contribution >= 4 is 130 Å². The minimum atomic E-state index is 0.538. The molecular formula is C71H38N6. The summed E-state index contributed by atoms with van der Waals surface area (Å²) in [6, 6.07) is 80.0. The monoisotopic (exact) mass is 974 g/mol. The molecule has 6 heteroatoms. The molecule has 0 fully saturated rings. The third kappa shape index (κ3) is 5.04. The molecule has 18 aromatic rings. The molecule has 0 unspecified atom stereocenters. The summed E-state index contributed by atoms with van der Waals surface area (Å²) in [7, 11) is 0.